The molecule has 0 aromatic heterocycles. The van der Waals surface area contributed by atoms with Crippen LogP contribution < -0.4 is 15.4 Å². The van der Waals surface area contributed by atoms with E-state index in [1.165, 1.54) is 19.2 Å². The summed E-state index contributed by atoms with van der Waals surface area (Å²) in [6.07, 6.45) is -5.87. The van der Waals surface area contributed by atoms with Crippen LogP contribution in [0.5, 0.6) is 5.75 Å². The number of ether oxygens (including phenoxy) is 1. The Balaban J connectivity index is 2.57. The van der Waals surface area contributed by atoms with E-state index in [9.17, 15) is 32.3 Å². The molecule has 1 rings (SSSR count). The number of hydrogen-bond donors (Lipinski definition) is 3. The van der Waals surface area contributed by atoms with Crippen molar-refractivity contribution in [3.8, 4) is 5.75 Å². The number of nitrogens with zero attached hydrogens (tertiary/aromatic N) is 1. The number of benzene rings is 1. The van der Waals surface area contributed by atoms with E-state index in [2.05, 4.69) is 10.6 Å². The van der Waals surface area contributed by atoms with Crippen LogP contribution in [-0.2, 0) is 14.4 Å². The lowest BCUT2D eigenvalue weighted by Crippen LogP contribution is -2.47. The van der Waals surface area contributed by atoms with Gasteiger partial charge in [-0.1, -0.05) is 0 Å². The molecule has 3 N–H and O–H groups in total. The van der Waals surface area contributed by atoms with Crippen LogP contribution in [0.25, 0.3) is 0 Å². The molecule has 12 heteroatoms. The Morgan fingerprint density at radius 2 is 1.57 bits per heavy atom. The molecular formula is C18H22F3N3O6. The van der Waals surface area contributed by atoms with Crippen molar-refractivity contribution < 1.29 is 42.2 Å². The predicted molar refractivity (Wildman–Crippen MR) is 97.8 cm³/mol. The average Bonchev–Trinajstić information content (AvgIpc) is 2.69. The van der Waals surface area contributed by atoms with Crippen molar-refractivity contribution in [1.29, 1.82) is 0 Å². The van der Waals surface area contributed by atoms with Crippen LogP contribution in [0.15, 0.2) is 24.3 Å². The molecule has 0 unspecified atom stereocenters. The molecule has 0 spiro atoms. The standard InChI is InChI=1S/C18H22F3N3O6/c1-30-13-4-2-12(3-5-13)16(28)23-9-11-24(17(29)18(19,20)21)10-8-22-14(25)6-7-15(26)27/h2-5H,6-11H2,1H3,(H,22,25)(H,23,28)(H,26,27). The summed E-state index contributed by atoms with van der Waals surface area (Å²) in [5.74, 6) is -3.98. The van der Waals surface area contributed by atoms with E-state index in [0.717, 1.165) is 0 Å². The topological polar surface area (TPSA) is 125 Å². The van der Waals surface area contributed by atoms with E-state index in [4.69, 9.17) is 9.84 Å². The van der Waals surface area contributed by atoms with Gasteiger partial charge in [-0.3, -0.25) is 19.2 Å². The molecule has 0 aliphatic heterocycles. The van der Waals surface area contributed by atoms with Crippen LogP contribution >= 0.6 is 0 Å². The lowest BCUT2D eigenvalue weighted by Gasteiger charge is -2.24. The van der Waals surface area contributed by atoms with Crippen LogP contribution in [0.1, 0.15) is 23.2 Å². The summed E-state index contributed by atoms with van der Waals surface area (Å²) in [6, 6.07) is 6.03. The highest BCUT2D eigenvalue weighted by Gasteiger charge is 2.42. The maximum absolute atomic E-state index is 12.8. The third-order valence-electron chi connectivity index (χ3n) is 3.82. The summed E-state index contributed by atoms with van der Waals surface area (Å²) in [4.78, 5) is 45.9. The fourth-order valence-electron chi connectivity index (χ4n) is 2.28. The molecule has 30 heavy (non-hydrogen) atoms. The Kier molecular flexibility index (Phi) is 9.59. The number of amides is 3. The number of carbonyl (C=O) groups is 4. The summed E-state index contributed by atoms with van der Waals surface area (Å²) < 4.78 is 43.3. The molecule has 0 saturated carbocycles. The number of nitrogens with one attached hydrogen (secondary N) is 2. The van der Waals surface area contributed by atoms with Crippen LogP contribution in [0, 0.1) is 0 Å². The van der Waals surface area contributed by atoms with E-state index < -0.39 is 49.4 Å². The van der Waals surface area contributed by atoms with Crippen molar-refractivity contribution in [3.05, 3.63) is 29.8 Å². The second-order valence-corrected chi connectivity index (χ2v) is 6.02. The largest absolute Gasteiger partial charge is 0.497 e. The van der Waals surface area contributed by atoms with Crippen LogP contribution in [0.3, 0.4) is 0 Å². The molecule has 166 valence electrons. The number of carbonyl (C=O) groups excluding carboxylic acids is 3. The summed E-state index contributed by atoms with van der Waals surface area (Å²) >= 11 is 0. The summed E-state index contributed by atoms with van der Waals surface area (Å²) in [6.45, 7) is -1.45. The van der Waals surface area contributed by atoms with E-state index in [-0.39, 0.29) is 25.1 Å². The first kappa shape index (κ1) is 24.7. The molecule has 0 saturated heterocycles. The van der Waals surface area contributed by atoms with Gasteiger partial charge in [0.25, 0.3) is 5.91 Å². The normalized spacial score (nSPS) is 10.8. The van der Waals surface area contributed by atoms with Crippen LogP contribution in [-0.4, -0.2) is 73.2 Å². The number of halogens is 3. The minimum Gasteiger partial charge on any atom is -0.497 e. The Labute approximate surface area is 170 Å². The number of carboxylic acids is 1. The third-order valence-corrected chi connectivity index (χ3v) is 3.82. The molecule has 1 aromatic rings. The summed E-state index contributed by atoms with van der Waals surface area (Å²) in [5, 5.41) is 13.1. The predicted octanol–water partition coefficient (Wildman–Crippen LogP) is 0.797. The lowest BCUT2D eigenvalue weighted by molar-refractivity contribution is -0.185. The van der Waals surface area contributed by atoms with E-state index >= 15 is 0 Å². The fourth-order valence-corrected chi connectivity index (χ4v) is 2.28. The van der Waals surface area contributed by atoms with Crippen molar-refractivity contribution in [3.63, 3.8) is 0 Å². The first-order chi connectivity index (χ1) is 14.0. The number of methoxy groups -OCH3 is 1. The van der Waals surface area contributed by atoms with Crippen molar-refractivity contribution in [2.75, 3.05) is 33.3 Å². The van der Waals surface area contributed by atoms with E-state index in [0.29, 0.717) is 10.6 Å². The van der Waals surface area contributed by atoms with Crippen molar-refractivity contribution in [1.82, 2.24) is 15.5 Å². The first-order valence-corrected chi connectivity index (χ1v) is 8.81. The maximum atomic E-state index is 12.8. The first-order valence-electron chi connectivity index (χ1n) is 8.81. The van der Waals surface area contributed by atoms with Crippen molar-refractivity contribution in [2.45, 2.75) is 19.0 Å². The Bertz CT molecular complexity index is 753. The van der Waals surface area contributed by atoms with Crippen LogP contribution in [0.4, 0.5) is 13.2 Å². The van der Waals surface area contributed by atoms with Gasteiger partial charge < -0.3 is 25.4 Å². The Morgan fingerprint density at radius 1 is 1.00 bits per heavy atom. The van der Waals surface area contributed by atoms with Crippen molar-refractivity contribution in [2.24, 2.45) is 0 Å². The zero-order valence-corrected chi connectivity index (χ0v) is 16.1. The molecule has 0 aliphatic carbocycles. The van der Waals surface area contributed by atoms with Crippen LogP contribution in [0.2, 0.25) is 0 Å². The highest BCUT2D eigenvalue weighted by molar-refractivity contribution is 5.94. The van der Waals surface area contributed by atoms with Gasteiger partial charge in [0.05, 0.1) is 13.5 Å². The van der Waals surface area contributed by atoms with Gasteiger partial charge in [-0.05, 0) is 24.3 Å². The minimum atomic E-state index is -5.12. The molecule has 3 amide bonds. The minimum absolute atomic E-state index is 0.250. The molecule has 0 atom stereocenters. The molecule has 0 bridgehead atoms. The molecule has 0 fully saturated rings. The second kappa shape index (κ2) is 11.6. The highest BCUT2D eigenvalue weighted by atomic mass is 19.4. The number of hydrogen-bond acceptors (Lipinski definition) is 5. The van der Waals surface area contributed by atoms with Gasteiger partial charge in [0.2, 0.25) is 5.91 Å². The Hall–Kier alpha value is -3.31. The number of alkyl halides is 3. The number of carboxylic acid groups (broad SMARTS) is 1. The molecule has 9 nitrogen and oxygen atoms in total. The fraction of sp³-hybridized carbons (Fsp3) is 0.444. The molecule has 0 heterocycles. The highest BCUT2D eigenvalue weighted by Crippen LogP contribution is 2.18. The molecular weight excluding hydrogens is 411 g/mol. The quantitative estimate of drug-likeness (QED) is 0.474. The zero-order valence-electron chi connectivity index (χ0n) is 16.1. The van der Waals surface area contributed by atoms with Gasteiger partial charge in [0.15, 0.2) is 0 Å². The zero-order chi connectivity index (χ0) is 22.7. The van der Waals surface area contributed by atoms with Gasteiger partial charge in [0.1, 0.15) is 5.75 Å². The van der Waals surface area contributed by atoms with E-state index in [1.807, 2.05) is 0 Å². The smallest absolute Gasteiger partial charge is 0.471 e. The SMILES string of the molecule is COc1ccc(C(=O)NCCN(CCNC(=O)CCC(=O)O)C(=O)C(F)(F)F)cc1. The van der Waals surface area contributed by atoms with Gasteiger partial charge >= 0.3 is 18.1 Å². The Morgan fingerprint density at radius 3 is 2.07 bits per heavy atom. The maximum Gasteiger partial charge on any atom is 0.471 e. The molecule has 1 aromatic carbocycles. The monoisotopic (exact) mass is 433 g/mol. The van der Waals surface area contributed by atoms with Crippen molar-refractivity contribution >= 4 is 23.7 Å². The van der Waals surface area contributed by atoms with Gasteiger partial charge in [-0.15, -0.1) is 0 Å². The summed E-state index contributed by atoms with van der Waals surface area (Å²) in [7, 11) is 1.45. The molecule has 0 aliphatic rings. The number of aliphatic carboxylic acids is 1. The van der Waals surface area contributed by atoms with Gasteiger partial charge in [-0.2, -0.15) is 13.2 Å². The second-order valence-electron chi connectivity index (χ2n) is 6.02. The summed E-state index contributed by atoms with van der Waals surface area (Å²) in [5.41, 5.74) is 0.259. The molecule has 0 radical (unpaired) electrons. The van der Waals surface area contributed by atoms with Gasteiger partial charge in [-0.25, -0.2) is 0 Å². The van der Waals surface area contributed by atoms with E-state index in [1.54, 1.807) is 12.1 Å². The number of rotatable bonds is 11. The van der Waals surface area contributed by atoms with Gasteiger partial charge in [0, 0.05) is 38.2 Å². The third kappa shape index (κ3) is 8.80. The average molecular weight is 433 g/mol. The lowest BCUT2D eigenvalue weighted by atomic mass is 10.2.